The third-order valence-electron chi connectivity index (χ3n) is 4.94. The van der Waals surface area contributed by atoms with Crippen LogP contribution < -0.4 is 5.32 Å². The van der Waals surface area contributed by atoms with E-state index in [1.807, 2.05) is 0 Å². The molecule has 1 aliphatic rings. The summed E-state index contributed by atoms with van der Waals surface area (Å²) in [5.74, 6) is 0. The minimum atomic E-state index is 0.326. The smallest absolute Gasteiger partial charge is 0.0472 e. The van der Waals surface area contributed by atoms with Crippen LogP contribution in [-0.2, 0) is 4.74 Å². The first-order valence-electron chi connectivity index (χ1n) is 8.18. The third-order valence-corrected chi connectivity index (χ3v) is 4.94. The van der Waals surface area contributed by atoms with Gasteiger partial charge in [-0.2, -0.15) is 0 Å². The van der Waals surface area contributed by atoms with Gasteiger partial charge in [-0.25, -0.2) is 0 Å². The van der Waals surface area contributed by atoms with Crippen molar-refractivity contribution in [1.82, 2.24) is 10.2 Å². The molecular formula is C17H36N2O. The molecule has 1 aliphatic heterocycles. The van der Waals surface area contributed by atoms with E-state index in [1.54, 1.807) is 0 Å². The Balaban J connectivity index is 2.68. The molecule has 1 fully saturated rings. The Morgan fingerprint density at radius 1 is 1.15 bits per heavy atom. The number of hydrogen-bond donors (Lipinski definition) is 1. The molecule has 0 aromatic heterocycles. The Labute approximate surface area is 126 Å². The fraction of sp³-hybridized carbons (Fsp3) is 1.00. The Bertz CT molecular complexity index is 277. The average Bonchev–Trinajstić information content (AvgIpc) is 2.35. The van der Waals surface area contributed by atoms with Crippen molar-refractivity contribution in [1.29, 1.82) is 0 Å². The zero-order valence-electron chi connectivity index (χ0n) is 14.8. The lowest BCUT2D eigenvalue weighted by molar-refractivity contribution is -0.0147. The van der Waals surface area contributed by atoms with Crippen LogP contribution in [0.5, 0.6) is 0 Å². The van der Waals surface area contributed by atoms with E-state index in [2.05, 4.69) is 58.8 Å². The van der Waals surface area contributed by atoms with E-state index in [0.717, 1.165) is 26.3 Å². The summed E-state index contributed by atoms with van der Waals surface area (Å²) in [4.78, 5) is 2.55. The summed E-state index contributed by atoms with van der Waals surface area (Å²) in [6, 6.07) is 1.14. The average molecular weight is 284 g/mol. The first-order chi connectivity index (χ1) is 9.16. The second-order valence-corrected chi connectivity index (χ2v) is 8.11. The zero-order chi connectivity index (χ0) is 15.4. The molecule has 120 valence electrons. The van der Waals surface area contributed by atoms with Crippen LogP contribution in [0.2, 0.25) is 0 Å². The lowest BCUT2D eigenvalue weighted by atomic mass is 9.78. The molecule has 3 heteroatoms. The van der Waals surface area contributed by atoms with Crippen LogP contribution in [0.4, 0.5) is 0 Å². The summed E-state index contributed by atoms with van der Waals surface area (Å²) >= 11 is 0. The van der Waals surface area contributed by atoms with E-state index in [9.17, 15) is 0 Å². The van der Waals surface area contributed by atoms with E-state index in [0.29, 0.717) is 22.9 Å². The molecule has 0 radical (unpaired) electrons. The molecule has 3 nitrogen and oxygen atoms in total. The van der Waals surface area contributed by atoms with Crippen LogP contribution in [0.25, 0.3) is 0 Å². The largest absolute Gasteiger partial charge is 0.381 e. The predicted octanol–water partition coefficient (Wildman–Crippen LogP) is 3.15. The molecule has 1 atom stereocenters. The number of nitrogens with zero attached hydrogens (tertiary/aromatic N) is 1. The fourth-order valence-electron chi connectivity index (χ4n) is 2.94. The molecule has 0 spiro atoms. The van der Waals surface area contributed by atoms with Gasteiger partial charge in [-0.3, -0.25) is 0 Å². The monoisotopic (exact) mass is 284 g/mol. The molecule has 0 saturated carbocycles. The van der Waals surface area contributed by atoms with E-state index in [4.69, 9.17) is 4.74 Å². The predicted molar refractivity (Wildman–Crippen MR) is 87.2 cm³/mol. The van der Waals surface area contributed by atoms with Crippen molar-refractivity contribution in [2.45, 2.75) is 66.5 Å². The minimum Gasteiger partial charge on any atom is -0.381 e. The summed E-state index contributed by atoms with van der Waals surface area (Å²) in [6.07, 6.45) is 2.35. The van der Waals surface area contributed by atoms with E-state index >= 15 is 0 Å². The lowest BCUT2D eigenvalue weighted by Gasteiger charge is -2.44. The lowest BCUT2D eigenvalue weighted by Crippen LogP contribution is -2.51. The molecule has 1 N–H and O–H groups in total. The highest BCUT2D eigenvalue weighted by Crippen LogP contribution is 2.33. The summed E-state index contributed by atoms with van der Waals surface area (Å²) in [5.41, 5.74) is 0.698. The molecule has 0 bridgehead atoms. The molecule has 1 unspecified atom stereocenters. The van der Waals surface area contributed by atoms with Crippen LogP contribution >= 0.6 is 0 Å². The zero-order valence-corrected chi connectivity index (χ0v) is 14.8. The highest BCUT2D eigenvalue weighted by molar-refractivity contribution is 4.89. The molecule has 0 aliphatic carbocycles. The van der Waals surface area contributed by atoms with Gasteiger partial charge in [0.2, 0.25) is 0 Å². The SMILES string of the molecule is CC(C)NCC1(CN(C)C(C)C(C)(C)C)CCOCC1. The van der Waals surface area contributed by atoms with Crippen molar-refractivity contribution in [2.75, 3.05) is 33.4 Å². The molecule has 1 saturated heterocycles. The Morgan fingerprint density at radius 3 is 2.15 bits per heavy atom. The maximum atomic E-state index is 5.59. The molecule has 0 amide bonds. The summed E-state index contributed by atoms with van der Waals surface area (Å²) < 4.78 is 5.59. The normalized spacial score (nSPS) is 21.4. The van der Waals surface area contributed by atoms with Crippen LogP contribution in [0.1, 0.15) is 54.4 Å². The summed E-state index contributed by atoms with van der Waals surface area (Å²) in [5, 5.41) is 3.66. The molecule has 20 heavy (non-hydrogen) atoms. The van der Waals surface area contributed by atoms with Crippen LogP contribution in [0.3, 0.4) is 0 Å². The molecular weight excluding hydrogens is 248 g/mol. The number of hydrogen-bond acceptors (Lipinski definition) is 3. The van der Waals surface area contributed by atoms with Crippen molar-refractivity contribution in [2.24, 2.45) is 10.8 Å². The Kier molecular flexibility index (Phi) is 6.49. The minimum absolute atomic E-state index is 0.326. The van der Waals surface area contributed by atoms with E-state index in [1.165, 1.54) is 12.8 Å². The van der Waals surface area contributed by atoms with Crippen molar-refractivity contribution in [3.63, 3.8) is 0 Å². The van der Waals surface area contributed by atoms with Crippen molar-refractivity contribution < 1.29 is 4.74 Å². The Morgan fingerprint density at radius 2 is 1.70 bits per heavy atom. The van der Waals surface area contributed by atoms with Gasteiger partial charge in [-0.1, -0.05) is 34.6 Å². The van der Waals surface area contributed by atoms with Crippen LogP contribution in [0.15, 0.2) is 0 Å². The van der Waals surface area contributed by atoms with Crippen LogP contribution in [0, 0.1) is 10.8 Å². The highest BCUT2D eigenvalue weighted by Gasteiger charge is 2.36. The molecule has 1 heterocycles. The van der Waals surface area contributed by atoms with E-state index < -0.39 is 0 Å². The van der Waals surface area contributed by atoms with Crippen molar-refractivity contribution in [3.05, 3.63) is 0 Å². The summed E-state index contributed by atoms with van der Waals surface area (Å²) in [6.45, 7) is 17.9. The topological polar surface area (TPSA) is 24.5 Å². The van der Waals surface area contributed by atoms with Crippen LogP contribution in [-0.4, -0.2) is 50.3 Å². The highest BCUT2D eigenvalue weighted by atomic mass is 16.5. The van der Waals surface area contributed by atoms with Gasteiger partial charge >= 0.3 is 0 Å². The van der Waals surface area contributed by atoms with Gasteiger partial charge in [0, 0.05) is 38.4 Å². The first-order valence-corrected chi connectivity index (χ1v) is 8.18. The van der Waals surface area contributed by atoms with E-state index in [-0.39, 0.29) is 0 Å². The van der Waals surface area contributed by atoms with Crippen molar-refractivity contribution >= 4 is 0 Å². The first kappa shape index (κ1) is 17.9. The maximum absolute atomic E-state index is 5.59. The molecule has 0 aromatic carbocycles. The second-order valence-electron chi connectivity index (χ2n) is 8.11. The molecule has 1 rings (SSSR count). The molecule has 0 aromatic rings. The van der Waals surface area contributed by atoms with Gasteiger partial charge in [0.1, 0.15) is 0 Å². The van der Waals surface area contributed by atoms with Gasteiger partial charge in [-0.15, -0.1) is 0 Å². The number of rotatable bonds is 6. The third kappa shape index (κ3) is 5.34. The Hall–Kier alpha value is -0.120. The fourth-order valence-corrected chi connectivity index (χ4v) is 2.94. The summed E-state index contributed by atoms with van der Waals surface area (Å²) in [7, 11) is 2.28. The van der Waals surface area contributed by atoms with Gasteiger partial charge in [0.15, 0.2) is 0 Å². The maximum Gasteiger partial charge on any atom is 0.0472 e. The van der Waals surface area contributed by atoms with Gasteiger partial charge < -0.3 is 15.0 Å². The number of nitrogens with one attached hydrogen (secondary N) is 1. The van der Waals surface area contributed by atoms with Gasteiger partial charge in [-0.05, 0) is 37.6 Å². The van der Waals surface area contributed by atoms with Gasteiger partial charge in [0.05, 0.1) is 0 Å². The quantitative estimate of drug-likeness (QED) is 0.811. The second kappa shape index (κ2) is 7.24. The van der Waals surface area contributed by atoms with Gasteiger partial charge in [0.25, 0.3) is 0 Å². The van der Waals surface area contributed by atoms with Crippen molar-refractivity contribution in [3.8, 4) is 0 Å². The standard InChI is InChI=1S/C17H36N2O/c1-14(2)18-12-17(8-10-20-11-9-17)13-19(7)15(3)16(4,5)6/h14-15,18H,8-13H2,1-7H3. The number of ether oxygens (including phenoxy) is 1.